The lowest BCUT2D eigenvalue weighted by Gasteiger charge is -2.18. The average Bonchev–Trinajstić information content (AvgIpc) is 2.66. The van der Waals surface area contributed by atoms with Crippen molar-refractivity contribution in [2.75, 3.05) is 26.3 Å². The SMILES string of the molecule is CCCC(CCO)CNC(=NCc1ccc(OC(F)F)c(OCC)c1)NCC. The molecule has 0 heterocycles. The second kappa shape index (κ2) is 14.0. The van der Waals surface area contributed by atoms with Gasteiger partial charge < -0.3 is 25.2 Å². The van der Waals surface area contributed by atoms with Crippen LogP contribution in [0, 0.1) is 5.92 Å². The van der Waals surface area contributed by atoms with E-state index < -0.39 is 6.61 Å². The summed E-state index contributed by atoms with van der Waals surface area (Å²) in [7, 11) is 0. The van der Waals surface area contributed by atoms with Crippen LogP contribution in [0.2, 0.25) is 0 Å². The molecule has 0 bridgehead atoms. The number of aliphatic hydroxyl groups excluding tert-OH is 1. The Morgan fingerprint density at radius 3 is 2.54 bits per heavy atom. The summed E-state index contributed by atoms with van der Waals surface area (Å²) in [4.78, 5) is 4.56. The predicted octanol–water partition coefficient (Wildman–Crippen LogP) is 3.54. The van der Waals surface area contributed by atoms with Gasteiger partial charge in [-0.15, -0.1) is 0 Å². The minimum absolute atomic E-state index is 0.0148. The van der Waals surface area contributed by atoms with Gasteiger partial charge in [-0.1, -0.05) is 19.4 Å². The fraction of sp³-hybridized carbons (Fsp3) is 0.650. The van der Waals surface area contributed by atoms with Gasteiger partial charge in [-0.2, -0.15) is 8.78 Å². The van der Waals surface area contributed by atoms with Crippen molar-refractivity contribution in [3.8, 4) is 11.5 Å². The zero-order chi connectivity index (χ0) is 20.8. The van der Waals surface area contributed by atoms with Crippen molar-refractivity contribution in [1.29, 1.82) is 0 Å². The first-order valence-electron chi connectivity index (χ1n) is 9.87. The molecule has 1 aromatic carbocycles. The van der Waals surface area contributed by atoms with Gasteiger partial charge in [-0.05, 0) is 50.3 Å². The van der Waals surface area contributed by atoms with Crippen molar-refractivity contribution in [2.45, 2.75) is 53.2 Å². The summed E-state index contributed by atoms with van der Waals surface area (Å²) in [6.07, 6.45) is 2.85. The second-order valence-electron chi connectivity index (χ2n) is 6.34. The molecule has 1 rings (SSSR count). The van der Waals surface area contributed by atoms with E-state index in [4.69, 9.17) is 4.74 Å². The molecule has 0 saturated heterocycles. The zero-order valence-corrected chi connectivity index (χ0v) is 17.0. The van der Waals surface area contributed by atoms with Crippen LogP contribution in [0.1, 0.15) is 45.6 Å². The van der Waals surface area contributed by atoms with Gasteiger partial charge in [0.25, 0.3) is 0 Å². The van der Waals surface area contributed by atoms with Crippen LogP contribution in [-0.2, 0) is 6.54 Å². The Hall–Kier alpha value is -2.09. The lowest BCUT2D eigenvalue weighted by molar-refractivity contribution is -0.0514. The minimum atomic E-state index is -2.90. The van der Waals surface area contributed by atoms with Crippen molar-refractivity contribution in [3.63, 3.8) is 0 Å². The van der Waals surface area contributed by atoms with Crippen LogP contribution in [0.3, 0.4) is 0 Å². The summed E-state index contributed by atoms with van der Waals surface area (Å²) in [6.45, 7) is 5.32. The first-order valence-corrected chi connectivity index (χ1v) is 9.87. The molecule has 1 unspecified atom stereocenters. The topological polar surface area (TPSA) is 75.1 Å². The molecule has 3 N–H and O–H groups in total. The van der Waals surface area contributed by atoms with Crippen LogP contribution >= 0.6 is 0 Å². The van der Waals surface area contributed by atoms with E-state index in [1.807, 2.05) is 6.92 Å². The van der Waals surface area contributed by atoms with Crippen molar-refractivity contribution < 1.29 is 23.4 Å². The van der Waals surface area contributed by atoms with Crippen LogP contribution < -0.4 is 20.1 Å². The quantitative estimate of drug-likeness (QED) is 0.348. The summed E-state index contributed by atoms with van der Waals surface area (Å²) in [5, 5.41) is 15.7. The number of hydrogen-bond acceptors (Lipinski definition) is 4. The third kappa shape index (κ3) is 9.21. The number of hydrogen-bond donors (Lipinski definition) is 3. The van der Waals surface area contributed by atoms with E-state index in [0.717, 1.165) is 37.9 Å². The third-order valence-corrected chi connectivity index (χ3v) is 4.08. The van der Waals surface area contributed by atoms with Gasteiger partial charge in [0.05, 0.1) is 13.2 Å². The van der Waals surface area contributed by atoms with Crippen molar-refractivity contribution in [3.05, 3.63) is 23.8 Å². The Morgan fingerprint density at radius 1 is 1.14 bits per heavy atom. The normalized spacial score (nSPS) is 12.8. The Kier molecular flexibility index (Phi) is 12.0. The number of nitrogens with one attached hydrogen (secondary N) is 2. The monoisotopic (exact) mass is 401 g/mol. The predicted molar refractivity (Wildman–Crippen MR) is 107 cm³/mol. The molecule has 0 aliphatic rings. The molecule has 0 spiro atoms. The van der Waals surface area contributed by atoms with E-state index in [-0.39, 0.29) is 18.1 Å². The maximum absolute atomic E-state index is 12.5. The first-order chi connectivity index (χ1) is 13.5. The molecule has 160 valence electrons. The van der Waals surface area contributed by atoms with E-state index in [2.05, 4.69) is 27.3 Å². The van der Waals surface area contributed by atoms with Crippen LogP contribution in [0.4, 0.5) is 8.78 Å². The minimum Gasteiger partial charge on any atom is -0.490 e. The number of aliphatic imine (C=N–C) groups is 1. The zero-order valence-electron chi connectivity index (χ0n) is 17.0. The van der Waals surface area contributed by atoms with Gasteiger partial charge in [0.2, 0.25) is 0 Å². The van der Waals surface area contributed by atoms with Crippen molar-refractivity contribution >= 4 is 5.96 Å². The number of guanidine groups is 1. The maximum atomic E-state index is 12.5. The third-order valence-electron chi connectivity index (χ3n) is 4.08. The number of aliphatic hydroxyl groups is 1. The number of benzene rings is 1. The van der Waals surface area contributed by atoms with E-state index in [0.29, 0.717) is 25.0 Å². The van der Waals surface area contributed by atoms with Gasteiger partial charge in [0.1, 0.15) is 0 Å². The molecule has 6 nitrogen and oxygen atoms in total. The fourth-order valence-electron chi connectivity index (χ4n) is 2.80. The number of nitrogens with zero attached hydrogens (tertiary/aromatic N) is 1. The smallest absolute Gasteiger partial charge is 0.387 e. The lowest BCUT2D eigenvalue weighted by atomic mass is 10.0. The molecule has 0 fully saturated rings. The van der Waals surface area contributed by atoms with Gasteiger partial charge in [-0.25, -0.2) is 4.99 Å². The Bertz CT molecular complexity index is 580. The largest absolute Gasteiger partial charge is 0.490 e. The van der Waals surface area contributed by atoms with Gasteiger partial charge in [-0.3, -0.25) is 0 Å². The Morgan fingerprint density at radius 2 is 1.93 bits per heavy atom. The molecule has 0 aromatic heterocycles. The van der Waals surface area contributed by atoms with E-state index in [9.17, 15) is 13.9 Å². The molecular formula is C20H33F2N3O3. The Balaban J connectivity index is 2.80. The number of alkyl halides is 2. The van der Waals surface area contributed by atoms with E-state index >= 15 is 0 Å². The molecule has 0 amide bonds. The van der Waals surface area contributed by atoms with E-state index in [1.54, 1.807) is 19.1 Å². The first kappa shape index (κ1) is 23.9. The van der Waals surface area contributed by atoms with Crippen LogP contribution in [0.25, 0.3) is 0 Å². The number of halogens is 2. The lowest BCUT2D eigenvalue weighted by Crippen LogP contribution is -2.40. The summed E-state index contributed by atoms with van der Waals surface area (Å²) in [5.41, 5.74) is 0.822. The molecular weight excluding hydrogens is 368 g/mol. The maximum Gasteiger partial charge on any atom is 0.387 e. The molecule has 8 heteroatoms. The fourth-order valence-corrected chi connectivity index (χ4v) is 2.80. The van der Waals surface area contributed by atoms with Gasteiger partial charge in [0, 0.05) is 19.7 Å². The molecule has 28 heavy (non-hydrogen) atoms. The van der Waals surface area contributed by atoms with Crippen molar-refractivity contribution in [1.82, 2.24) is 10.6 Å². The molecule has 0 radical (unpaired) electrons. The highest BCUT2D eigenvalue weighted by Gasteiger charge is 2.12. The van der Waals surface area contributed by atoms with Gasteiger partial charge in [0.15, 0.2) is 17.5 Å². The average molecular weight is 401 g/mol. The van der Waals surface area contributed by atoms with Crippen LogP contribution in [-0.4, -0.2) is 44.0 Å². The summed E-state index contributed by atoms with van der Waals surface area (Å²) in [5.74, 6) is 1.35. The number of ether oxygens (including phenoxy) is 2. The molecule has 0 aliphatic heterocycles. The molecule has 1 atom stereocenters. The van der Waals surface area contributed by atoms with E-state index in [1.165, 1.54) is 6.07 Å². The highest BCUT2D eigenvalue weighted by atomic mass is 19.3. The van der Waals surface area contributed by atoms with Crippen molar-refractivity contribution in [2.24, 2.45) is 10.9 Å². The molecule has 0 aliphatic carbocycles. The summed E-state index contributed by atoms with van der Waals surface area (Å²) in [6, 6.07) is 4.83. The number of rotatable bonds is 13. The second-order valence-corrected chi connectivity index (χ2v) is 6.34. The highest BCUT2D eigenvalue weighted by molar-refractivity contribution is 5.79. The van der Waals surface area contributed by atoms with Crippen LogP contribution in [0.5, 0.6) is 11.5 Å². The summed E-state index contributed by atoms with van der Waals surface area (Å²) < 4.78 is 34.9. The summed E-state index contributed by atoms with van der Waals surface area (Å²) >= 11 is 0. The molecule has 0 saturated carbocycles. The van der Waals surface area contributed by atoms with Gasteiger partial charge >= 0.3 is 6.61 Å². The van der Waals surface area contributed by atoms with Crippen LogP contribution in [0.15, 0.2) is 23.2 Å². The highest BCUT2D eigenvalue weighted by Crippen LogP contribution is 2.30. The standard InChI is InChI=1S/C20H33F2N3O3/c1-4-7-15(10-11-26)13-24-20(23-5-2)25-14-16-8-9-17(28-19(21)22)18(12-16)27-6-3/h8-9,12,15,19,26H,4-7,10-11,13-14H2,1-3H3,(H2,23,24,25). The Labute approximate surface area is 166 Å². The molecule has 1 aromatic rings.